The van der Waals surface area contributed by atoms with E-state index in [-0.39, 0.29) is 11.9 Å². The average Bonchev–Trinajstić information content (AvgIpc) is 3.14. The molecular weight excluding hydrogens is 422 g/mol. The second-order valence-corrected chi connectivity index (χ2v) is 9.40. The van der Waals surface area contributed by atoms with Crippen molar-refractivity contribution in [3.05, 3.63) is 77.6 Å². The number of fused-ring (bicyclic) bond motifs is 3. The zero-order valence-corrected chi connectivity index (χ0v) is 20.0. The van der Waals surface area contributed by atoms with Crippen LogP contribution in [-0.2, 0) is 4.79 Å². The lowest BCUT2D eigenvalue weighted by atomic mass is 9.91. The number of aryl methyl sites for hydroxylation is 1. The Balaban J connectivity index is 1.21. The van der Waals surface area contributed by atoms with Gasteiger partial charge in [0, 0.05) is 38.3 Å². The van der Waals surface area contributed by atoms with Crippen LogP contribution in [0, 0.1) is 6.92 Å². The Bertz CT molecular complexity index is 1190. The van der Waals surface area contributed by atoms with Crippen LogP contribution in [0.3, 0.4) is 0 Å². The third kappa shape index (κ3) is 4.53. The smallest absolute Gasteiger partial charge is 0.244 e. The molecule has 5 rings (SSSR count). The van der Waals surface area contributed by atoms with Gasteiger partial charge < -0.3 is 15.5 Å². The van der Waals surface area contributed by atoms with Gasteiger partial charge in [0.25, 0.3) is 0 Å². The number of carbonyl (C=O) groups excluding carboxylic acids is 1. The summed E-state index contributed by atoms with van der Waals surface area (Å²) in [6.07, 6.45) is 5.66. The van der Waals surface area contributed by atoms with Crippen LogP contribution < -0.4 is 15.5 Å². The van der Waals surface area contributed by atoms with E-state index in [0.29, 0.717) is 6.04 Å². The molecule has 0 atom stereocenters. The van der Waals surface area contributed by atoms with Gasteiger partial charge in [0.15, 0.2) is 0 Å². The summed E-state index contributed by atoms with van der Waals surface area (Å²) in [4.78, 5) is 24.0. The number of aromatic nitrogens is 2. The SMILES string of the molecule is Cc1nc(NC2CCC(NC(=O)C=C3c4ccccc4-c4ccccc43)CC2)cc(N(C)C)n1. The van der Waals surface area contributed by atoms with E-state index in [2.05, 4.69) is 57.0 Å². The van der Waals surface area contributed by atoms with Crippen LogP contribution in [0.1, 0.15) is 42.6 Å². The van der Waals surface area contributed by atoms with Crippen molar-refractivity contribution in [2.24, 2.45) is 0 Å². The molecule has 1 saturated carbocycles. The zero-order chi connectivity index (χ0) is 23.7. The van der Waals surface area contributed by atoms with Crippen LogP contribution in [0.4, 0.5) is 11.6 Å². The van der Waals surface area contributed by atoms with Gasteiger partial charge in [-0.25, -0.2) is 9.97 Å². The van der Waals surface area contributed by atoms with Crippen LogP contribution >= 0.6 is 0 Å². The Labute approximate surface area is 201 Å². The maximum atomic E-state index is 13.0. The number of nitrogens with zero attached hydrogens (tertiary/aromatic N) is 3. The van der Waals surface area contributed by atoms with Crippen LogP contribution in [0.2, 0.25) is 0 Å². The number of anilines is 2. The molecule has 6 heteroatoms. The van der Waals surface area contributed by atoms with Crippen LogP contribution in [-0.4, -0.2) is 42.1 Å². The number of amides is 1. The third-order valence-corrected chi connectivity index (χ3v) is 6.71. The first kappa shape index (κ1) is 22.1. The number of hydrogen-bond acceptors (Lipinski definition) is 5. The van der Waals surface area contributed by atoms with Crippen molar-refractivity contribution in [2.75, 3.05) is 24.3 Å². The largest absolute Gasteiger partial charge is 0.367 e. The van der Waals surface area contributed by atoms with Crippen molar-refractivity contribution in [2.45, 2.75) is 44.7 Å². The van der Waals surface area contributed by atoms with Gasteiger partial charge in [0.05, 0.1) is 0 Å². The number of nitrogens with one attached hydrogen (secondary N) is 2. The van der Waals surface area contributed by atoms with Gasteiger partial charge in [0.2, 0.25) is 5.91 Å². The Morgan fingerprint density at radius 1 is 0.882 bits per heavy atom. The monoisotopic (exact) mass is 453 g/mol. The first-order chi connectivity index (χ1) is 16.5. The topological polar surface area (TPSA) is 70.2 Å². The summed E-state index contributed by atoms with van der Waals surface area (Å²) >= 11 is 0. The molecule has 2 aliphatic rings. The maximum absolute atomic E-state index is 13.0. The normalized spacial score (nSPS) is 18.6. The fraction of sp³-hybridized carbons (Fsp3) is 0.321. The van der Waals surface area contributed by atoms with Crippen molar-refractivity contribution in [3.63, 3.8) is 0 Å². The van der Waals surface area contributed by atoms with Crippen molar-refractivity contribution >= 4 is 23.1 Å². The summed E-state index contributed by atoms with van der Waals surface area (Å²) < 4.78 is 0. The van der Waals surface area contributed by atoms with Gasteiger partial charge >= 0.3 is 0 Å². The predicted molar refractivity (Wildman–Crippen MR) is 138 cm³/mol. The van der Waals surface area contributed by atoms with E-state index in [1.165, 1.54) is 11.1 Å². The minimum absolute atomic E-state index is 0.0139. The van der Waals surface area contributed by atoms with E-state index in [4.69, 9.17) is 0 Å². The summed E-state index contributed by atoms with van der Waals surface area (Å²) in [6, 6.07) is 19.2. The molecule has 2 aromatic carbocycles. The Morgan fingerprint density at radius 2 is 1.44 bits per heavy atom. The quantitative estimate of drug-likeness (QED) is 0.425. The molecule has 3 aromatic rings. The van der Waals surface area contributed by atoms with Crippen LogP contribution in [0.5, 0.6) is 0 Å². The first-order valence-corrected chi connectivity index (χ1v) is 12.0. The highest BCUT2D eigenvalue weighted by molar-refractivity contribution is 6.08. The minimum Gasteiger partial charge on any atom is -0.367 e. The molecule has 1 amide bonds. The van der Waals surface area contributed by atoms with Gasteiger partial charge in [-0.2, -0.15) is 0 Å². The summed E-state index contributed by atoms with van der Waals surface area (Å²) in [5.74, 6) is 2.52. The molecule has 0 saturated heterocycles. The third-order valence-electron chi connectivity index (χ3n) is 6.71. The fourth-order valence-electron chi connectivity index (χ4n) is 5.03. The number of carbonyl (C=O) groups is 1. The second-order valence-electron chi connectivity index (χ2n) is 9.40. The highest BCUT2D eigenvalue weighted by Gasteiger charge is 2.25. The highest BCUT2D eigenvalue weighted by atomic mass is 16.1. The summed E-state index contributed by atoms with van der Waals surface area (Å²) in [6.45, 7) is 1.92. The Morgan fingerprint density at radius 3 is 2.03 bits per heavy atom. The van der Waals surface area contributed by atoms with Crippen molar-refractivity contribution in [1.82, 2.24) is 15.3 Å². The number of hydrogen-bond donors (Lipinski definition) is 2. The van der Waals surface area contributed by atoms with Crippen LogP contribution in [0.15, 0.2) is 60.7 Å². The van der Waals surface area contributed by atoms with E-state index in [9.17, 15) is 4.79 Å². The van der Waals surface area contributed by atoms with E-state index < -0.39 is 0 Å². The lowest BCUT2D eigenvalue weighted by Gasteiger charge is -2.30. The minimum atomic E-state index is -0.0139. The Kier molecular flexibility index (Phi) is 6.05. The van der Waals surface area contributed by atoms with Crippen molar-refractivity contribution in [1.29, 1.82) is 0 Å². The van der Waals surface area contributed by atoms with E-state index >= 15 is 0 Å². The Hall–Kier alpha value is -3.67. The van der Waals surface area contributed by atoms with Crippen molar-refractivity contribution < 1.29 is 4.79 Å². The average molecular weight is 454 g/mol. The van der Waals surface area contributed by atoms with E-state index in [1.807, 2.05) is 44.1 Å². The van der Waals surface area contributed by atoms with Gasteiger partial charge in [0.1, 0.15) is 17.5 Å². The molecule has 34 heavy (non-hydrogen) atoms. The first-order valence-electron chi connectivity index (χ1n) is 12.0. The molecule has 2 aliphatic carbocycles. The molecule has 0 bridgehead atoms. The van der Waals surface area contributed by atoms with Crippen molar-refractivity contribution in [3.8, 4) is 11.1 Å². The number of rotatable bonds is 5. The summed E-state index contributed by atoms with van der Waals surface area (Å²) in [5.41, 5.74) is 5.66. The number of benzene rings is 2. The second kappa shape index (κ2) is 9.29. The summed E-state index contributed by atoms with van der Waals surface area (Å²) in [5, 5.41) is 6.82. The van der Waals surface area contributed by atoms with Gasteiger partial charge in [-0.05, 0) is 60.4 Å². The molecule has 0 aliphatic heterocycles. The highest BCUT2D eigenvalue weighted by Crippen LogP contribution is 2.43. The summed E-state index contributed by atoms with van der Waals surface area (Å²) in [7, 11) is 3.97. The molecular formula is C28H31N5O. The van der Waals surface area contributed by atoms with Crippen LogP contribution in [0.25, 0.3) is 16.7 Å². The van der Waals surface area contributed by atoms with Gasteiger partial charge in [-0.15, -0.1) is 0 Å². The molecule has 0 unspecified atom stereocenters. The molecule has 1 aromatic heterocycles. The standard InChI is InChI=1S/C28H31N5O/c1-18-29-26(17-27(30-18)33(2)3)31-19-12-14-20(15-13-19)32-28(34)16-25-23-10-6-4-8-21(23)22-9-5-7-11-24(22)25/h4-11,16-17,19-20H,12-15H2,1-3H3,(H,32,34)(H,29,30,31). The molecule has 1 heterocycles. The molecule has 1 fully saturated rings. The molecule has 6 nitrogen and oxygen atoms in total. The maximum Gasteiger partial charge on any atom is 0.244 e. The molecule has 174 valence electrons. The molecule has 0 radical (unpaired) electrons. The molecule has 0 spiro atoms. The van der Waals surface area contributed by atoms with Gasteiger partial charge in [-0.3, -0.25) is 4.79 Å². The lowest BCUT2D eigenvalue weighted by Crippen LogP contribution is -2.39. The van der Waals surface area contributed by atoms with Gasteiger partial charge in [-0.1, -0.05) is 48.5 Å². The fourth-order valence-corrected chi connectivity index (χ4v) is 5.03. The van der Waals surface area contributed by atoms with E-state index in [0.717, 1.165) is 59.8 Å². The molecule has 2 N–H and O–H groups in total. The predicted octanol–water partition coefficient (Wildman–Crippen LogP) is 4.80. The van der Waals surface area contributed by atoms with E-state index in [1.54, 1.807) is 6.08 Å². The zero-order valence-electron chi connectivity index (χ0n) is 20.0. The lowest BCUT2D eigenvalue weighted by molar-refractivity contribution is -0.117.